The molecule has 141 heavy (non-hydrogen) atoms. The van der Waals surface area contributed by atoms with Crippen molar-refractivity contribution in [2.75, 3.05) is 0 Å². The van der Waals surface area contributed by atoms with E-state index >= 15 is 0 Å². The summed E-state index contributed by atoms with van der Waals surface area (Å²) >= 11 is 0. The Morgan fingerprint density at radius 1 is 0.121 bits per heavy atom. The van der Waals surface area contributed by atoms with Crippen LogP contribution in [0.2, 0.25) is 0 Å². The summed E-state index contributed by atoms with van der Waals surface area (Å²) in [6.07, 6.45) is 0. The van der Waals surface area contributed by atoms with Crippen molar-refractivity contribution in [3.63, 3.8) is 0 Å². The first-order valence-corrected chi connectivity index (χ1v) is 47.1. The van der Waals surface area contributed by atoms with Crippen molar-refractivity contribution in [3.05, 3.63) is 491 Å². The number of fused-ring (bicyclic) bond motifs is 15. The van der Waals surface area contributed by atoms with Crippen LogP contribution < -0.4 is 0 Å². The molecule has 0 spiro atoms. The Kier molecular flexibility index (Phi) is 21.7. The predicted octanol–water partition coefficient (Wildman–Crippen LogP) is 33.8. The first kappa shape index (κ1) is 83.6. The minimum absolute atomic E-state index is 0.599. The second-order valence-corrected chi connectivity index (χ2v) is 34.9. The Labute approximate surface area is 811 Å². The third kappa shape index (κ3) is 16.4. The van der Waals surface area contributed by atoms with E-state index in [-0.39, 0.29) is 0 Å². The lowest BCUT2D eigenvalue weighted by Crippen LogP contribution is -2.01. The third-order valence-corrected chi connectivity index (χ3v) is 26.2. The van der Waals surface area contributed by atoms with Crippen molar-refractivity contribution < 1.29 is 13.3 Å². The smallest absolute Gasteiger partial charge is 0.164 e. The fourth-order valence-electron chi connectivity index (χ4n) is 19.3. The van der Waals surface area contributed by atoms with E-state index in [1.807, 2.05) is 146 Å². The second-order valence-electron chi connectivity index (χ2n) is 34.9. The number of rotatable bonds is 15. The molecule has 0 bridgehead atoms. The molecule has 0 fully saturated rings. The third-order valence-electron chi connectivity index (χ3n) is 26.2. The van der Waals surface area contributed by atoms with Crippen LogP contribution in [0.5, 0.6) is 0 Å². The average molecular weight is 1810 g/mol. The minimum atomic E-state index is 0.599. The first-order valence-electron chi connectivity index (χ1n) is 47.1. The van der Waals surface area contributed by atoms with Gasteiger partial charge in [0, 0.05) is 98.5 Å². The van der Waals surface area contributed by atoms with E-state index in [9.17, 15) is 0 Å². The summed E-state index contributed by atoms with van der Waals surface area (Å²) in [7, 11) is 0. The summed E-state index contributed by atoms with van der Waals surface area (Å²) in [5.41, 5.74) is 26.8. The lowest BCUT2D eigenvalue weighted by Gasteiger charge is -2.13. The topological polar surface area (TPSA) is 155 Å². The van der Waals surface area contributed by atoms with Crippen LogP contribution in [0.3, 0.4) is 0 Å². The van der Waals surface area contributed by atoms with Crippen LogP contribution in [0.25, 0.3) is 267 Å². The number of hydrogen-bond acceptors (Lipinski definition) is 12. The molecular weight excluding hydrogens is 1720 g/mol. The molecule has 0 atom stereocenters. The van der Waals surface area contributed by atoms with Crippen molar-refractivity contribution in [2.24, 2.45) is 0 Å². The number of aromatic nitrogens is 9. The van der Waals surface area contributed by atoms with E-state index in [2.05, 4.69) is 346 Å². The Hall–Kier alpha value is -19.2. The molecule has 0 aliphatic heterocycles. The maximum absolute atomic E-state index is 6.52. The molecule has 27 rings (SSSR count). The highest BCUT2D eigenvalue weighted by atomic mass is 16.3. The molecule has 6 heterocycles. The fraction of sp³-hybridized carbons (Fsp3) is 0. The molecule has 660 valence electrons. The van der Waals surface area contributed by atoms with Crippen LogP contribution in [0.15, 0.2) is 505 Å². The first-order chi connectivity index (χ1) is 69.8. The lowest BCUT2D eigenvalue weighted by molar-refractivity contribution is 0.672. The van der Waals surface area contributed by atoms with Gasteiger partial charge in [0.2, 0.25) is 0 Å². The molecular formula is C129H81N9O3. The van der Waals surface area contributed by atoms with Crippen molar-refractivity contribution in [2.45, 2.75) is 0 Å². The molecule has 0 amide bonds. The fourth-order valence-corrected chi connectivity index (χ4v) is 19.3. The lowest BCUT2D eigenvalue weighted by atomic mass is 9.96. The van der Waals surface area contributed by atoms with Gasteiger partial charge in [-0.15, -0.1) is 0 Å². The van der Waals surface area contributed by atoms with Gasteiger partial charge in [-0.3, -0.25) is 0 Å². The van der Waals surface area contributed by atoms with Crippen molar-refractivity contribution in [1.29, 1.82) is 0 Å². The summed E-state index contributed by atoms with van der Waals surface area (Å²) in [6.45, 7) is 0. The largest absolute Gasteiger partial charge is 0.455 e. The van der Waals surface area contributed by atoms with Crippen molar-refractivity contribution in [3.8, 4) is 169 Å². The standard InChI is InChI=1S/3C43H27N3O/c1-4-13-28(14-5-1)32-25-33(29-15-6-2-7-16-29)27-34(26-32)42-44-41(31-18-8-3-9-19-31)45-43(46-42)37-21-12-22-38-39(37)36-24-23-30-17-10-11-20-35(30)40(36)47-38;1-3-12-28(13-4-1)31-17-9-19-33(26-31)41-44-42(34-20-10-18-32(27-34)29-14-5-2-6-15-29)46-43(45-41)37-22-11-23-38-39(37)36-25-24-30-16-7-8-21-35(30)40(36)47-38;1-3-11-28(12-4-1)29-21-23-30(24-22-29)33-16-9-17-34(27-33)42-44-41(32-14-5-2-6-15-32)45-43(46-42)37-19-10-20-38-39(37)36-26-25-31-13-7-8-18-35(31)40(36)47-38/h3*1-27H. The zero-order valence-corrected chi connectivity index (χ0v) is 76.0. The van der Waals surface area contributed by atoms with E-state index in [1.165, 1.54) is 11.1 Å². The second kappa shape index (κ2) is 36.6. The maximum atomic E-state index is 6.52. The summed E-state index contributed by atoms with van der Waals surface area (Å²) in [5.74, 6) is 5.50. The Bertz CT molecular complexity index is 9100. The minimum Gasteiger partial charge on any atom is -0.455 e. The molecule has 0 unspecified atom stereocenters. The molecule has 6 aromatic heterocycles. The summed E-state index contributed by atoms with van der Waals surface area (Å²) in [4.78, 5) is 46.0. The highest BCUT2D eigenvalue weighted by Crippen LogP contribution is 2.46. The van der Waals surface area contributed by atoms with Gasteiger partial charge in [-0.25, -0.2) is 44.9 Å². The van der Waals surface area contributed by atoms with Gasteiger partial charge in [0.1, 0.15) is 33.5 Å². The van der Waals surface area contributed by atoms with E-state index < -0.39 is 0 Å². The number of benzene rings is 21. The number of hydrogen-bond donors (Lipinski definition) is 0. The Morgan fingerprint density at radius 3 is 0.638 bits per heavy atom. The van der Waals surface area contributed by atoms with Gasteiger partial charge in [-0.2, -0.15) is 0 Å². The molecule has 27 aromatic rings. The Morgan fingerprint density at radius 2 is 0.326 bits per heavy atom. The maximum Gasteiger partial charge on any atom is 0.164 e. The zero-order valence-electron chi connectivity index (χ0n) is 76.0. The quantitative estimate of drug-likeness (QED) is 0.0959. The molecule has 12 nitrogen and oxygen atoms in total. The molecule has 0 radical (unpaired) electrons. The molecule has 0 saturated carbocycles. The van der Waals surface area contributed by atoms with Gasteiger partial charge in [-0.05, 0) is 156 Å². The van der Waals surface area contributed by atoms with E-state index in [0.717, 1.165) is 204 Å². The molecule has 0 N–H and O–H groups in total. The summed E-state index contributed by atoms with van der Waals surface area (Å²) in [5, 5.41) is 12.8. The van der Waals surface area contributed by atoms with Gasteiger partial charge in [0.05, 0.1) is 0 Å². The van der Waals surface area contributed by atoms with Crippen LogP contribution >= 0.6 is 0 Å². The SMILES string of the molecule is c1ccc(-c2cc(-c3ccccc3)cc(-c3nc(-c4ccccc4)nc(-c4cccc5oc6c7ccccc7ccc6c45)n3)c2)cc1.c1ccc(-c2ccc(-c3cccc(-c4nc(-c5ccccc5)nc(-c5cccc6oc7c8ccccc8ccc7c56)n4)c3)cc2)cc1.c1ccc(-c2cccc(-c3nc(-c4cccc(-c5ccccc5)c4)nc(-c4cccc5oc6c7ccccc7ccc6c45)n3)c2)cc1. The molecule has 12 heteroatoms. The van der Waals surface area contributed by atoms with Crippen LogP contribution in [0.4, 0.5) is 0 Å². The van der Waals surface area contributed by atoms with Gasteiger partial charge in [0.25, 0.3) is 0 Å². The highest BCUT2D eigenvalue weighted by Gasteiger charge is 2.26. The predicted molar refractivity (Wildman–Crippen MR) is 575 cm³/mol. The molecule has 0 aliphatic rings. The van der Waals surface area contributed by atoms with Crippen LogP contribution in [0, 0.1) is 0 Å². The molecule has 21 aromatic carbocycles. The van der Waals surface area contributed by atoms with Crippen LogP contribution in [0.1, 0.15) is 0 Å². The van der Waals surface area contributed by atoms with E-state index in [4.69, 9.17) is 58.1 Å². The van der Waals surface area contributed by atoms with E-state index in [0.29, 0.717) is 52.4 Å². The van der Waals surface area contributed by atoms with Crippen molar-refractivity contribution in [1.82, 2.24) is 44.9 Å². The average Bonchev–Trinajstić information content (AvgIpc) is 1.60. The Balaban J connectivity index is 0.000000111. The van der Waals surface area contributed by atoms with Crippen LogP contribution in [-0.2, 0) is 0 Å². The summed E-state index contributed by atoms with van der Waals surface area (Å²) < 4.78 is 19.5. The monoisotopic (exact) mass is 1800 g/mol. The number of nitrogens with zero attached hydrogens (tertiary/aromatic N) is 9. The molecule has 0 aliphatic carbocycles. The van der Waals surface area contributed by atoms with E-state index in [1.54, 1.807) is 0 Å². The highest BCUT2D eigenvalue weighted by molar-refractivity contribution is 6.21. The van der Waals surface area contributed by atoms with Crippen molar-refractivity contribution >= 4 is 98.1 Å². The molecule has 0 saturated heterocycles. The summed E-state index contributed by atoms with van der Waals surface area (Å²) in [6, 6.07) is 169. The van der Waals surface area contributed by atoms with Crippen LogP contribution in [-0.4, -0.2) is 44.9 Å². The van der Waals surface area contributed by atoms with Gasteiger partial charge >= 0.3 is 0 Å². The zero-order chi connectivity index (χ0) is 93.5. The normalized spacial score (nSPS) is 11.4. The van der Waals surface area contributed by atoms with Gasteiger partial charge in [-0.1, -0.05) is 419 Å². The number of furan rings is 3. The van der Waals surface area contributed by atoms with Gasteiger partial charge < -0.3 is 13.3 Å². The van der Waals surface area contributed by atoms with Gasteiger partial charge in [0.15, 0.2) is 52.4 Å².